The Hall–Kier alpha value is -3.89. The normalized spacial score (nSPS) is 26.6. The summed E-state index contributed by atoms with van der Waals surface area (Å²) in [5.41, 5.74) is 3.95. The maximum Gasteiger partial charge on any atom is 0.410 e. The van der Waals surface area contributed by atoms with E-state index in [0.717, 1.165) is 42.4 Å². The molecule has 1 aliphatic carbocycles. The molecule has 3 heterocycles. The number of esters is 1. The number of rotatable bonds is 5. The monoisotopic (exact) mass is 611 g/mol. The topological polar surface area (TPSA) is 132 Å². The number of methoxy groups -OCH3 is 1. The molecule has 0 aromatic heterocycles. The molecule has 1 fully saturated rings. The van der Waals surface area contributed by atoms with Gasteiger partial charge in [-0.2, -0.15) is 0 Å². The van der Waals surface area contributed by atoms with E-state index in [9.17, 15) is 24.0 Å². The van der Waals surface area contributed by atoms with Crippen molar-refractivity contribution < 1.29 is 38.2 Å². The lowest BCUT2D eigenvalue weighted by Gasteiger charge is -2.28. The zero-order valence-electron chi connectivity index (χ0n) is 26.5. The molecule has 0 unspecified atom stereocenters. The van der Waals surface area contributed by atoms with Crippen molar-refractivity contribution in [2.45, 2.75) is 90.8 Å². The van der Waals surface area contributed by atoms with Crippen molar-refractivity contribution in [3.63, 3.8) is 0 Å². The number of ketones is 1. The third-order valence-corrected chi connectivity index (χ3v) is 8.46. The summed E-state index contributed by atoms with van der Waals surface area (Å²) < 4.78 is 16.4. The third-order valence-electron chi connectivity index (χ3n) is 8.46. The van der Waals surface area contributed by atoms with Crippen molar-refractivity contribution in [3.05, 3.63) is 46.6 Å². The first kappa shape index (κ1) is 33.0. The van der Waals surface area contributed by atoms with Gasteiger partial charge in [-0.3, -0.25) is 14.5 Å². The Balaban J connectivity index is 1.60. The molecule has 3 aliphatic heterocycles. The number of carbonyl (C=O) groups excluding carboxylic acids is 5. The molecule has 4 aliphatic rings. The molecule has 4 bridgehead atoms. The largest absolute Gasteiger partial charge is 0.467 e. The predicted molar refractivity (Wildman–Crippen MR) is 162 cm³/mol. The van der Waals surface area contributed by atoms with Crippen LogP contribution in [0.2, 0.25) is 0 Å². The average molecular weight is 612 g/mol. The highest BCUT2D eigenvalue weighted by Crippen LogP contribution is 2.34. The summed E-state index contributed by atoms with van der Waals surface area (Å²) in [6.07, 6.45) is 9.21. The Labute approximate surface area is 259 Å². The van der Waals surface area contributed by atoms with E-state index in [4.69, 9.17) is 14.2 Å². The van der Waals surface area contributed by atoms with Gasteiger partial charge in [0.05, 0.1) is 20.3 Å². The van der Waals surface area contributed by atoms with Gasteiger partial charge in [-0.05, 0) is 74.2 Å². The molecule has 3 amide bonds. The Bertz CT molecular complexity index is 1290. The number of carbonyl (C=O) groups is 5. The first-order chi connectivity index (χ1) is 20.9. The number of nitrogens with zero attached hydrogens (tertiary/aromatic N) is 2. The standard InChI is InChI=1S/C33H45N3O8/c1-21(2)15-24(37)12-13-27-29(38)36-18-25(16-28(36)30(39)42-5)44-32(41)35-17-23-11-8-10-22(26(23)19-35)9-6-7-14-33(3,4)20-43-31(40)34-27/h6,9-10,15,25,27-28H,7-8,11-14,16-20H2,1-5H3,(H,34,40)/b9-6+/t25-,27+,28+/m1/s1. The number of hydrogen-bond acceptors (Lipinski definition) is 8. The molecule has 240 valence electrons. The molecular weight excluding hydrogens is 566 g/mol. The maximum atomic E-state index is 13.9. The van der Waals surface area contributed by atoms with Gasteiger partial charge in [0.2, 0.25) is 5.91 Å². The zero-order chi connectivity index (χ0) is 32.0. The maximum absolute atomic E-state index is 13.9. The lowest BCUT2D eigenvalue weighted by atomic mass is 9.88. The van der Waals surface area contributed by atoms with Crippen LogP contribution in [-0.4, -0.2) is 91.2 Å². The highest BCUT2D eigenvalue weighted by Gasteiger charge is 2.45. The highest BCUT2D eigenvalue weighted by molar-refractivity contribution is 5.93. The fraction of sp³-hybridized carbons (Fsp3) is 0.606. The van der Waals surface area contributed by atoms with Gasteiger partial charge in [0, 0.05) is 25.9 Å². The summed E-state index contributed by atoms with van der Waals surface area (Å²) in [7, 11) is 1.23. The van der Waals surface area contributed by atoms with E-state index in [-0.39, 0.29) is 43.6 Å². The van der Waals surface area contributed by atoms with E-state index in [2.05, 4.69) is 23.5 Å². The van der Waals surface area contributed by atoms with E-state index < -0.39 is 42.3 Å². The summed E-state index contributed by atoms with van der Waals surface area (Å²) in [4.78, 5) is 68.3. The Morgan fingerprint density at radius 2 is 1.93 bits per heavy atom. The van der Waals surface area contributed by atoms with Gasteiger partial charge in [0.15, 0.2) is 5.78 Å². The Kier molecular flexibility index (Phi) is 10.7. The first-order valence-electron chi connectivity index (χ1n) is 15.4. The molecule has 1 N–H and O–H groups in total. The van der Waals surface area contributed by atoms with Crippen LogP contribution in [0, 0.1) is 5.41 Å². The molecule has 44 heavy (non-hydrogen) atoms. The van der Waals surface area contributed by atoms with E-state index >= 15 is 0 Å². The SMILES string of the molecule is COC(=O)[C@@H]1C[C@@H]2CN1C(=O)[C@H](CCC(=O)C=C(C)C)NC(=O)OCC(C)(C)CC/C=C/C1=CCCC3=C1CN(C3)C(=O)O2. The highest BCUT2D eigenvalue weighted by atomic mass is 16.6. The molecule has 11 nitrogen and oxygen atoms in total. The molecular formula is C33H45N3O8. The second-order valence-corrected chi connectivity index (χ2v) is 13.0. The first-order valence-corrected chi connectivity index (χ1v) is 15.4. The fourth-order valence-electron chi connectivity index (χ4n) is 6.08. The average Bonchev–Trinajstić information content (AvgIpc) is 3.60. The molecule has 0 saturated carbocycles. The van der Waals surface area contributed by atoms with E-state index in [0.29, 0.717) is 13.1 Å². The van der Waals surface area contributed by atoms with Crippen LogP contribution in [0.25, 0.3) is 0 Å². The molecule has 11 heteroatoms. The number of hydrogen-bond donors (Lipinski definition) is 1. The number of fused-ring (bicyclic) bond motifs is 3. The number of amides is 3. The minimum Gasteiger partial charge on any atom is -0.467 e. The molecule has 0 aromatic carbocycles. The zero-order valence-corrected chi connectivity index (χ0v) is 26.5. The number of nitrogens with one attached hydrogen (secondary N) is 1. The van der Waals surface area contributed by atoms with Gasteiger partial charge in [-0.1, -0.05) is 37.6 Å². The lowest BCUT2D eigenvalue weighted by Crippen LogP contribution is -2.52. The van der Waals surface area contributed by atoms with Crippen molar-refractivity contribution in [1.29, 1.82) is 0 Å². The van der Waals surface area contributed by atoms with Gasteiger partial charge in [-0.25, -0.2) is 14.4 Å². The number of cyclic esters (lactones) is 1. The van der Waals surface area contributed by atoms with Gasteiger partial charge < -0.3 is 24.4 Å². The lowest BCUT2D eigenvalue weighted by molar-refractivity contribution is -0.151. The third kappa shape index (κ3) is 8.39. The molecule has 0 aromatic rings. The van der Waals surface area contributed by atoms with Crippen LogP contribution in [-0.2, 0) is 28.6 Å². The van der Waals surface area contributed by atoms with Gasteiger partial charge >= 0.3 is 18.2 Å². The van der Waals surface area contributed by atoms with E-state index in [1.54, 1.807) is 18.7 Å². The van der Waals surface area contributed by atoms with Crippen LogP contribution >= 0.6 is 0 Å². The molecule has 0 radical (unpaired) electrons. The van der Waals surface area contributed by atoms with Crippen LogP contribution in [0.3, 0.4) is 0 Å². The summed E-state index contributed by atoms with van der Waals surface area (Å²) in [6.45, 7) is 8.60. The quantitative estimate of drug-likeness (QED) is 0.275. The van der Waals surface area contributed by atoms with Crippen molar-refractivity contribution >= 4 is 29.8 Å². The van der Waals surface area contributed by atoms with E-state index in [1.807, 2.05) is 13.8 Å². The summed E-state index contributed by atoms with van der Waals surface area (Å²) in [5, 5.41) is 2.63. The van der Waals surface area contributed by atoms with Crippen LogP contribution < -0.4 is 5.32 Å². The Morgan fingerprint density at radius 1 is 1.16 bits per heavy atom. The summed E-state index contributed by atoms with van der Waals surface area (Å²) in [5.74, 6) is -1.42. The number of allylic oxidation sites excluding steroid dienone is 5. The van der Waals surface area contributed by atoms with Crippen molar-refractivity contribution in [2.75, 3.05) is 33.4 Å². The molecule has 1 saturated heterocycles. The molecule has 4 rings (SSSR count). The number of alkyl carbamates (subject to hydrolysis) is 1. The number of ether oxygens (including phenoxy) is 3. The van der Waals surface area contributed by atoms with Crippen LogP contribution in [0.5, 0.6) is 0 Å². The van der Waals surface area contributed by atoms with Crippen molar-refractivity contribution in [2.24, 2.45) is 5.41 Å². The second-order valence-electron chi connectivity index (χ2n) is 13.0. The van der Waals surface area contributed by atoms with E-state index in [1.165, 1.54) is 23.7 Å². The van der Waals surface area contributed by atoms with Gasteiger partial charge in [-0.15, -0.1) is 0 Å². The second kappa shape index (κ2) is 14.3. The summed E-state index contributed by atoms with van der Waals surface area (Å²) >= 11 is 0. The molecule has 3 atom stereocenters. The van der Waals surface area contributed by atoms with Gasteiger partial charge in [0.25, 0.3) is 0 Å². The van der Waals surface area contributed by atoms with Crippen molar-refractivity contribution in [3.8, 4) is 0 Å². The van der Waals surface area contributed by atoms with Crippen LogP contribution in [0.4, 0.5) is 9.59 Å². The Morgan fingerprint density at radius 3 is 2.66 bits per heavy atom. The van der Waals surface area contributed by atoms with Crippen LogP contribution in [0.1, 0.15) is 72.6 Å². The van der Waals surface area contributed by atoms with Crippen molar-refractivity contribution in [1.82, 2.24) is 15.1 Å². The predicted octanol–water partition coefficient (Wildman–Crippen LogP) is 4.38. The minimum absolute atomic E-state index is 0.000430. The van der Waals surface area contributed by atoms with Gasteiger partial charge in [0.1, 0.15) is 18.2 Å². The molecule has 0 spiro atoms. The van der Waals surface area contributed by atoms with Crippen LogP contribution in [0.15, 0.2) is 46.6 Å². The summed E-state index contributed by atoms with van der Waals surface area (Å²) in [6, 6.07) is -2.16. The smallest absolute Gasteiger partial charge is 0.410 e. The fourth-order valence-corrected chi connectivity index (χ4v) is 6.08. The minimum atomic E-state index is -1.14.